The van der Waals surface area contributed by atoms with Crippen molar-refractivity contribution < 1.29 is 22.4 Å². The minimum Gasteiger partial charge on any atom is -0.366 e. The molecule has 0 bridgehead atoms. The van der Waals surface area contributed by atoms with Crippen molar-refractivity contribution in [3.05, 3.63) is 59.4 Å². The maximum absolute atomic E-state index is 14.1. The third-order valence-electron chi connectivity index (χ3n) is 3.94. The molecule has 0 atom stereocenters. The third kappa shape index (κ3) is 4.50. The summed E-state index contributed by atoms with van der Waals surface area (Å²) in [6.07, 6.45) is 0. The van der Waals surface area contributed by atoms with Crippen LogP contribution in [-0.4, -0.2) is 37.6 Å². The fourth-order valence-corrected chi connectivity index (χ4v) is 4.01. The first kappa shape index (κ1) is 20.5. The highest BCUT2D eigenvalue weighted by Gasteiger charge is 2.26. The molecule has 3 N–H and O–H groups in total. The first-order chi connectivity index (χ1) is 12.7. The number of carbonyl (C=O) groups excluding carboxylic acids is 2. The summed E-state index contributed by atoms with van der Waals surface area (Å²) in [5.41, 5.74) is 5.80. The second kappa shape index (κ2) is 8.28. The van der Waals surface area contributed by atoms with Gasteiger partial charge in [-0.25, -0.2) is 12.8 Å². The number of sulfonamides is 1. The SMILES string of the molecule is CCN(CC)S(=O)(=O)c1cc(C(=O)Nc2ccc(C(N)=O)cc2)ccc1F. The van der Waals surface area contributed by atoms with Crippen molar-refractivity contribution in [3.8, 4) is 0 Å². The molecule has 2 amide bonds. The van der Waals surface area contributed by atoms with Crippen molar-refractivity contribution in [2.75, 3.05) is 18.4 Å². The van der Waals surface area contributed by atoms with Crippen LogP contribution >= 0.6 is 0 Å². The normalized spacial score (nSPS) is 11.4. The molecular weight excluding hydrogens is 373 g/mol. The molecule has 0 saturated carbocycles. The van der Waals surface area contributed by atoms with Crippen molar-refractivity contribution >= 4 is 27.5 Å². The van der Waals surface area contributed by atoms with Gasteiger partial charge in [0.15, 0.2) is 0 Å². The molecule has 0 unspecified atom stereocenters. The van der Waals surface area contributed by atoms with Crippen LogP contribution in [0.1, 0.15) is 34.6 Å². The van der Waals surface area contributed by atoms with E-state index >= 15 is 0 Å². The molecule has 2 aromatic carbocycles. The Bertz CT molecular complexity index is 955. The highest BCUT2D eigenvalue weighted by molar-refractivity contribution is 7.89. The van der Waals surface area contributed by atoms with Gasteiger partial charge in [-0.2, -0.15) is 4.31 Å². The van der Waals surface area contributed by atoms with Gasteiger partial charge in [-0.1, -0.05) is 13.8 Å². The molecule has 0 heterocycles. The quantitative estimate of drug-likeness (QED) is 0.751. The Hall–Kier alpha value is -2.78. The summed E-state index contributed by atoms with van der Waals surface area (Å²) in [6, 6.07) is 9.00. The lowest BCUT2D eigenvalue weighted by Gasteiger charge is -2.19. The van der Waals surface area contributed by atoms with E-state index in [4.69, 9.17) is 5.73 Å². The number of amides is 2. The van der Waals surface area contributed by atoms with E-state index in [1.54, 1.807) is 13.8 Å². The van der Waals surface area contributed by atoms with Crippen molar-refractivity contribution in [1.82, 2.24) is 4.31 Å². The van der Waals surface area contributed by atoms with Crippen molar-refractivity contribution in [2.45, 2.75) is 18.7 Å². The second-order valence-corrected chi connectivity index (χ2v) is 7.54. The zero-order chi connectivity index (χ0) is 20.2. The number of nitrogens with one attached hydrogen (secondary N) is 1. The second-order valence-electron chi connectivity index (χ2n) is 5.63. The summed E-state index contributed by atoms with van der Waals surface area (Å²) < 4.78 is 40.4. The van der Waals surface area contributed by atoms with Crippen LogP contribution in [0.15, 0.2) is 47.4 Å². The maximum atomic E-state index is 14.1. The number of primary amides is 1. The van der Waals surface area contributed by atoms with Crippen LogP contribution in [0.25, 0.3) is 0 Å². The van der Waals surface area contributed by atoms with Gasteiger partial charge in [-0.15, -0.1) is 0 Å². The van der Waals surface area contributed by atoms with Gasteiger partial charge in [0.2, 0.25) is 15.9 Å². The molecule has 0 fully saturated rings. The predicted octanol–water partition coefficient (Wildman–Crippen LogP) is 2.21. The summed E-state index contributed by atoms with van der Waals surface area (Å²) in [4.78, 5) is 22.9. The zero-order valence-corrected chi connectivity index (χ0v) is 15.7. The van der Waals surface area contributed by atoms with Gasteiger partial charge >= 0.3 is 0 Å². The molecule has 9 heteroatoms. The van der Waals surface area contributed by atoms with E-state index in [1.165, 1.54) is 30.3 Å². The largest absolute Gasteiger partial charge is 0.366 e. The maximum Gasteiger partial charge on any atom is 0.255 e. The standard InChI is InChI=1S/C18H20FN3O4S/c1-3-22(4-2)27(25,26)16-11-13(7-10-15(16)19)18(24)21-14-8-5-12(6-9-14)17(20)23/h5-11H,3-4H2,1-2H3,(H2,20,23)(H,21,24). The van der Waals surface area contributed by atoms with Gasteiger partial charge in [0.05, 0.1) is 0 Å². The Balaban J connectivity index is 2.31. The molecule has 2 rings (SSSR count). The van der Waals surface area contributed by atoms with Gasteiger partial charge < -0.3 is 11.1 Å². The minimum absolute atomic E-state index is 0.0129. The Labute approximate surface area is 157 Å². The van der Waals surface area contributed by atoms with Gasteiger partial charge in [-0.3, -0.25) is 9.59 Å². The number of benzene rings is 2. The monoisotopic (exact) mass is 393 g/mol. The Morgan fingerprint density at radius 2 is 1.59 bits per heavy atom. The van der Waals surface area contributed by atoms with Gasteiger partial charge in [-0.05, 0) is 42.5 Å². The lowest BCUT2D eigenvalue weighted by Crippen LogP contribution is -2.31. The third-order valence-corrected chi connectivity index (χ3v) is 6.01. The molecule has 0 aliphatic carbocycles. The van der Waals surface area contributed by atoms with Crippen LogP contribution in [0.5, 0.6) is 0 Å². The number of nitrogens with two attached hydrogens (primary N) is 1. The van der Waals surface area contributed by atoms with Crippen molar-refractivity contribution in [1.29, 1.82) is 0 Å². The van der Waals surface area contributed by atoms with Crippen LogP contribution < -0.4 is 11.1 Å². The van der Waals surface area contributed by atoms with Crippen LogP contribution in [0, 0.1) is 5.82 Å². The zero-order valence-electron chi connectivity index (χ0n) is 14.9. The van der Waals surface area contributed by atoms with Crippen LogP contribution in [0.4, 0.5) is 10.1 Å². The van der Waals surface area contributed by atoms with Crippen molar-refractivity contribution in [2.24, 2.45) is 5.73 Å². The summed E-state index contributed by atoms with van der Waals surface area (Å²) in [6.45, 7) is 3.65. The lowest BCUT2D eigenvalue weighted by atomic mass is 10.1. The summed E-state index contributed by atoms with van der Waals surface area (Å²) in [7, 11) is -4.05. The minimum atomic E-state index is -4.05. The average Bonchev–Trinajstić information content (AvgIpc) is 2.63. The molecule has 0 aliphatic heterocycles. The lowest BCUT2D eigenvalue weighted by molar-refractivity contribution is 0.0998. The molecule has 0 aromatic heterocycles. The Morgan fingerprint density at radius 1 is 1.04 bits per heavy atom. The molecule has 0 radical (unpaired) electrons. The summed E-state index contributed by atoms with van der Waals surface area (Å²) in [5.74, 6) is -2.14. The number of nitrogens with zero attached hydrogens (tertiary/aromatic N) is 1. The Morgan fingerprint density at radius 3 is 2.11 bits per heavy atom. The Kier molecular flexibility index (Phi) is 6.29. The highest BCUT2D eigenvalue weighted by Crippen LogP contribution is 2.21. The smallest absolute Gasteiger partial charge is 0.255 e. The summed E-state index contributed by atoms with van der Waals surface area (Å²) in [5, 5.41) is 2.56. The molecule has 0 saturated heterocycles. The van der Waals surface area contributed by atoms with E-state index in [0.717, 1.165) is 16.4 Å². The van der Waals surface area contributed by atoms with Gasteiger partial charge in [0.25, 0.3) is 5.91 Å². The fourth-order valence-electron chi connectivity index (χ4n) is 2.47. The van der Waals surface area contributed by atoms with E-state index in [-0.39, 0.29) is 24.2 Å². The van der Waals surface area contributed by atoms with E-state index in [2.05, 4.69) is 5.32 Å². The topological polar surface area (TPSA) is 110 Å². The molecular formula is C18H20FN3O4S. The number of anilines is 1. The fraction of sp³-hybridized carbons (Fsp3) is 0.222. The molecule has 27 heavy (non-hydrogen) atoms. The number of rotatable bonds is 7. The number of hydrogen-bond donors (Lipinski definition) is 2. The first-order valence-corrected chi connectivity index (χ1v) is 9.65. The summed E-state index contributed by atoms with van der Waals surface area (Å²) >= 11 is 0. The van der Waals surface area contributed by atoms with Gasteiger partial charge in [0, 0.05) is 29.9 Å². The highest BCUT2D eigenvalue weighted by atomic mass is 32.2. The molecule has 2 aromatic rings. The number of carbonyl (C=O) groups is 2. The first-order valence-electron chi connectivity index (χ1n) is 8.21. The van der Waals surface area contributed by atoms with E-state index in [9.17, 15) is 22.4 Å². The number of hydrogen-bond acceptors (Lipinski definition) is 4. The van der Waals surface area contributed by atoms with Crippen molar-refractivity contribution in [3.63, 3.8) is 0 Å². The average molecular weight is 393 g/mol. The van der Waals surface area contributed by atoms with Crippen LogP contribution in [-0.2, 0) is 10.0 Å². The van der Waals surface area contributed by atoms with Crippen LogP contribution in [0.2, 0.25) is 0 Å². The molecule has 0 aliphatic rings. The van der Waals surface area contributed by atoms with E-state index < -0.39 is 32.6 Å². The van der Waals surface area contributed by atoms with E-state index in [1.807, 2.05) is 0 Å². The van der Waals surface area contributed by atoms with Crippen LogP contribution in [0.3, 0.4) is 0 Å². The van der Waals surface area contributed by atoms with Gasteiger partial charge in [0.1, 0.15) is 10.7 Å². The molecule has 7 nitrogen and oxygen atoms in total. The molecule has 0 spiro atoms. The molecule has 144 valence electrons. The number of halogens is 1. The predicted molar refractivity (Wildman–Crippen MR) is 99.4 cm³/mol. The van der Waals surface area contributed by atoms with E-state index in [0.29, 0.717) is 5.69 Å².